The Balaban J connectivity index is 1.79. The zero-order valence-electron chi connectivity index (χ0n) is 21.4. The third-order valence-electron chi connectivity index (χ3n) is 6.61. The van der Waals surface area contributed by atoms with Crippen LogP contribution in [-0.2, 0) is 21.5 Å². The average Bonchev–Trinajstić information content (AvgIpc) is 3.31. The molecular weight excluding hydrogens is 424 g/mol. The standard InChI is InChI=1S/C29H40N2O3/c1-6-25(28(33)30-23-11-7-8-12-23)31(19-22-17-15-21(2)16-18-22)27(32)20-34-26-14-10-9-13-24(26)29(3,4)5/h9-10,13-18,23,25H,6-8,11-12,19-20H2,1-5H3,(H,30,33)/t25-/m1/s1. The zero-order valence-corrected chi connectivity index (χ0v) is 21.4. The number of hydrogen-bond acceptors (Lipinski definition) is 3. The second-order valence-electron chi connectivity index (χ2n) is 10.5. The molecule has 1 atom stereocenters. The number of aryl methyl sites for hydroxylation is 1. The SMILES string of the molecule is CC[C@H](C(=O)NC1CCCC1)N(Cc1ccc(C)cc1)C(=O)COc1ccccc1C(C)(C)C. The summed E-state index contributed by atoms with van der Waals surface area (Å²) in [5.41, 5.74) is 3.11. The second-order valence-corrected chi connectivity index (χ2v) is 10.5. The first kappa shape index (κ1) is 25.8. The monoisotopic (exact) mass is 464 g/mol. The molecule has 2 amide bonds. The number of para-hydroxylation sites is 1. The van der Waals surface area contributed by atoms with Crippen LogP contribution in [0, 0.1) is 6.92 Å². The first-order valence-electron chi connectivity index (χ1n) is 12.6. The number of benzene rings is 2. The Labute approximate surface area is 204 Å². The topological polar surface area (TPSA) is 58.6 Å². The maximum Gasteiger partial charge on any atom is 0.261 e. The summed E-state index contributed by atoms with van der Waals surface area (Å²) in [5.74, 6) is 0.463. The Morgan fingerprint density at radius 3 is 2.32 bits per heavy atom. The molecule has 34 heavy (non-hydrogen) atoms. The van der Waals surface area contributed by atoms with Gasteiger partial charge in [-0.05, 0) is 48.8 Å². The summed E-state index contributed by atoms with van der Waals surface area (Å²) in [6.45, 7) is 10.6. The molecule has 2 aromatic rings. The van der Waals surface area contributed by atoms with Crippen LogP contribution in [-0.4, -0.2) is 35.4 Å². The quantitative estimate of drug-likeness (QED) is 0.530. The van der Waals surface area contributed by atoms with Crippen LogP contribution in [0.15, 0.2) is 48.5 Å². The number of hydrogen-bond donors (Lipinski definition) is 1. The van der Waals surface area contributed by atoms with Gasteiger partial charge in [0.15, 0.2) is 6.61 Å². The first-order valence-corrected chi connectivity index (χ1v) is 12.6. The predicted octanol–water partition coefficient (Wildman–Crippen LogP) is 5.54. The Hall–Kier alpha value is -2.82. The average molecular weight is 465 g/mol. The van der Waals surface area contributed by atoms with Gasteiger partial charge in [-0.1, -0.05) is 88.6 Å². The van der Waals surface area contributed by atoms with Crippen molar-refractivity contribution in [1.29, 1.82) is 0 Å². The molecule has 0 heterocycles. The molecule has 1 N–H and O–H groups in total. The lowest BCUT2D eigenvalue weighted by atomic mass is 9.86. The summed E-state index contributed by atoms with van der Waals surface area (Å²) in [6, 6.07) is 15.6. The fraction of sp³-hybridized carbons (Fsp3) is 0.517. The Morgan fingerprint density at radius 2 is 1.71 bits per heavy atom. The summed E-state index contributed by atoms with van der Waals surface area (Å²) >= 11 is 0. The Bertz CT molecular complexity index is 956. The molecule has 1 saturated carbocycles. The number of ether oxygens (including phenoxy) is 1. The summed E-state index contributed by atoms with van der Waals surface area (Å²) in [5, 5.41) is 3.19. The molecule has 5 heteroatoms. The molecule has 1 fully saturated rings. The molecule has 2 aromatic carbocycles. The Morgan fingerprint density at radius 1 is 1.06 bits per heavy atom. The smallest absolute Gasteiger partial charge is 0.261 e. The number of carbonyl (C=O) groups excluding carboxylic acids is 2. The molecule has 3 rings (SSSR count). The van der Waals surface area contributed by atoms with E-state index in [2.05, 4.69) is 26.1 Å². The maximum atomic E-state index is 13.5. The van der Waals surface area contributed by atoms with E-state index in [1.807, 2.05) is 62.4 Å². The summed E-state index contributed by atoms with van der Waals surface area (Å²) in [4.78, 5) is 28.4. The lowest BCUT2D eigenvalue weighted by molar-refractivity contribution is -0.143. The van der Waals surface area contributed by atoms with E-state index in [1.165, 1.54) is 0 Å². The maximum absolute atomic E-state index is 13.5. The van der Waals surface area contributed by atoms with Crippen molar-refractivity contribution in [1.82, 2.24) is 10.2 Å². The molecule has 1 aliphatic carbocycles. The first-order chi connectivity index (χ1) is 16.2. The van der Waals surface area contributed by atoms with Gasteiger partial charge >= 0.3 is 0 Å². The van der Waals surface area contributed by atoms with Crippen LogP contribution in [0.25, 0.3) is 0 Å². The zero-order chi connectivity index (χ0) is 24.7. The highest BCUT2D eigenvalue weighted by Gasteiger charge is 2.31. The highest BCUT2D eigenvalue weighted by molar-refractivity contribution is 5.88. The van der Waals surface area contributed by atoms with Gasteiger partial charge in [-0.3, -0.25) is 9.59 Å². The number of carbonyl (C=O) groups is 2. The lowest BCUT2D eigenvalue weighted by Crippen LogP contribution is -2.52. The van der Waals surface area contributed by atoms with Gasteiger partial charge in [0, 0.05) is 12.6 Å². The van der Waals surface area contributed by atoms with Crippen LogP contribution < -0.4 is 10.1 Å². The van der Waals surface area contributed by atoms with Gasteiger partial charge in [-0.25, -0.2) is 0 Å². The fourth-order valence-corrected chi connectivity index (χ4v) is 4.61. The van der Waals surface area contributed by atoms with E-state index in [-0.39, 0.29) is 29.9 Å². The van der Waals surface area contributed by atoms with Crippen LogP contribution in [0.5, 0.6) is 5.75 Å². The van der Waals surface area contributed by atoms with Crippen molar-refractivity contribution in [2.45, 2.75) is 90.8 Å². The van der Waals surface area contributed by atoms with Crippen molar-refractivity contribution in [2.75, 3.05) is 6.61 Å². The van der Waals surface area contributed by atoms with E-state index < -0.39 is 6.04 Å². The normalized spacial score (nSPS) is 15.1. The molecule has 5 nitrogen and oxygen atoms in total. The largest absolute Gasteiger partial charge is 0.483 e. The molecule has 0 spiro atoms. The van der Waals surface area contributed by atoms with E-state index in [9.17, 15) is 9.59 Å². The number of nitrogens with zero attached hydrogens (tertiary/aromatic N) is 1. The van der Waals surface area contributed by atoms with Gasteiger partial charge in [-0.2, -0.15) is 0 Å². The van der Waals surface area contributed by atoms with Gasteiger partial charge in [0.2, 0.25) is 5.91 Å². The van der Waals surface area contributed by atoms with Crippen LogP contribution >= 0.6 is 0 Å². The molecule has 0 unspecified atom stereocenters. The summed E-state index contributed by atoms with van der Waals surface area (Å²) in [6.07, 6.45) is 4.87. The molecule has 0 saturated heterocycles. The van der Waals surface area contributed by atoms with Crippen LogP contribution in [0.2, 0.25) is 0 Å². The molecule has 0 radical (unpaired) electrons. The minimum absolute atomic E-state index is 0.0649. The van der Waals surface area contributed by atoms with E-state index in [0.29, 0.717) is 18.7 Å². The molecule has 1 aliphatic rings. The summed E-state index contributed by atoms with van der Waals surface area (Å²) in [7, 11) is 0. The van der Waals surface area contributed by atoms with Gasteiger partial charge in [0.1, 0.15) is 11.8 Å². The number of rotatable bonds is 9. The lowest BCUT2D eigenvalue weighted by Gasteiger charge is -2.32. The third-order valence-corrected chi connectivity index (χ3v) is 6.61. The van der Waals surface area contributed by atoms with Crippen molar-refractivity contribution in [3.05, 3.63) is 65.2 Å². The van der Waals surface area contributed by atoms with Crippen LogP contribution in [0.4, 0.5) is 0 Å². The van der Waals surface area contributed by atoms with E-state index in [0.717, 1.165) is 42.4 Å². The highest BCUT2D eigenvalue weighted by Crippen LogP contribution is 2.31. The van der Waals surface area contributed by atoms with Crippen molar-refractivity contribution in [3.63, 3.8) is 0 Å². The molecular formula is C29H40N2O3. The third kappa shape index (κ3) is 6.85. The van der Waals surface area contributed by atoms with Crippen LogP contribution in [0.1, 0.15) is 76.5 Å². The van der Waals surface area contributed by atoms with Crippen molar-refractivity contribution in [2.24, 2.45) is 0 Å². The highest BCUT2D eigenvalue weighted by atomic mass is 16.5. The van der Waals surface area contributed by atoms with Gasteiger partial charge in [0.25, 0.3) is 5.91 Å². The molecule has 0 aliphatic heterocycles. The molecule has 0 aromatic heterocycles. The fourth-order valence-electron chi connectivity index (χ4n) is 4.61. The van der Waals surface area contributed by atoms with Gasteiger partial charge < -0.3 is 15.0 Å². The van der Waals surface area contributed by atoms with E-state index >= 15 is 0 Å². The Kier molecular flexibility index (Phi) is 8.76. The summed E-state index contributed by atoms with van der Waals surface area (Å²) < 4.78 is 6.05. The van der Waals surface area contributed by atoms with Crippen molar-refractivity contribution < 1.29 is 14.3 Å². The predicted molar refractivity (Wildman–Crippen MR) is 137 cm³/mol. The van der Waals surface area contributed by atoms with Gasteiger partial charge in [-0.15, -0.1) is 0 Å². The molecule has 0 bridgehead atoms. The van der Waals surface area contributed by atoms with Crippen LogP contribution in [0.3, 0.4) is 0 Å². The van der Waals surface area contributed by atoms with E-state index in [1.54, 1.807) is 4.90 Å². The van der Waals surface area contributed by atoms with Gasteiger partial charge in [0.05, 0.1) is 0 Å². The molecule has 184 valence electrons. The van der Waals surface area contributed by atoms with Crippen molar-refractivity contribution in [3.8, 4) is 5.75 Å². The minimum atomic E-state index is -0.532. The minimum Gasteiger partial charge on any atom is -0.483 e. The van der Waals surface area contributed by atoms with E-state index in [4.69, 9.17) is 4.74 Å². The number of nitrogens with one attached hydrogen (secondary N) is 1. The second kappa shape index (κ2) is 11.5. The number of amides is 2. The van der Waals surface area contributed by atoms with Crippen molar-refractivity contribution >= 4 is 11.8 Å².